The van der Waals surface area contributed by atoms with E-state index >= 15 is 0 Å². The predicted octanol–water partition coefficient (Wildman–Crippen LogP) is 1.74. The van der Waals surface area contributed by atoms with Gasteiger partial charge in [0.1, 0.15) is 0 Å². The highest BCUT2D eigenvalue weighted by Gasteiger charge is 2.68. The Labute approximate surface area is 99.8 Å². The van der Waals surface area contributed by atoms with Crippen molar-refractivity contribution in [3.63, 3.8) is 0 Å². The summed E-state index contributed by atoms with van der Waals surface area (Å²) >= 11 is 3.35. The lowest BCUT2D eigenvalue weighted by Crippen LogP contribution is -2.24. The van der Waals surface area contributed by atoms with E-state index in [-0.39, 0.29) is 5.91 Å². The van der Waals surface area contributed by atoms with E-state index in [2.05, 4.69) is 21.2 Å². The maximum absolute atomic E-state index is 11.9. The molecule has 16 heavy (non-hydrogen) atoms. The molecule has 1 spiro atoms. The van der Waals surface area contributed by atoms with Gasteiger partial charge in [-0.15, -0.1) is 0 Å². The number of hydrogen-bond acceptors (Lipinski definition) is 2. The van der Waals surface area contributed by atoms with Crippen LogP contribution in [0.4, 0.5) is 5.69 Å². The van der Waals surface area contributed by atoms with E-state index in [0.29, 0.717) is 6.42 Å². The van der Waals surface area contributed by atoms with Gasteiger partial charge in [0.05, 0.1) is 17.0 Å². The molecule has 0 radical (unpaired) electrons. The number of carbonyl (C=O) groups excluding carboxylic acids is 1. The van der Waals surface area contributed by atoms with Crippen molar-refractivity contribution in [2.45, 2.75) is 11.8 Å². The Balaban J connectivity index is 2.16. The molecular formula is C11H8BrNO3. The van der Waals surface area contributed by atoms with Gasteiger partial charge >= 0.3 is 5.97 Å². The third-order valence-corrected chi connectivity index (χ3v) is 4.06. The number of aliphatic carboxylic acids is 1. The van der Waals surface area contributed by atoms with E-state index in [1.165, 1.54) is 0 Å². The maximum Gasteiger partial charge on any atom is 0.307 e. The number of amides is 1. The quantitative estimate of drug-likeness (QED) is 0.824. The van der Waals surface area contributed by atoms with Gasteiger partial charge < -0.3 is 10.4 Å². The summed E-state index contributed by atoms with van der Waals surface area (Å²) in [7, 11) is 0. The largest absolute Gasteiger partial charge is 0.481 e. The van der Waals surface area contributed by atoms with Crippen molar-refractivity contribution >= 4 is 33.5 Å². The Morgan fingerprint density at radius 3 is 2.94 bits per heavy atom. The van der Waals surface area contributed by atoms with Gasteiger partial charge in [-0.25, -0.2) is 0 Å². The standard InChI is InChI=1S/C11H8BrNO3/c12-7-3-1-2-5-8(7)13-10(16)11(5)4-6(11)9(14)15/h1-3,6H,4H2,(H,13,16)(H,14,15). The first-order valence-electron chi connectivity index (χ1n) is 4.90. The van der Waals surface area contributed by atoms with Crippen molar-refractivity contribution in [3.05, 3.63) is 28.2 Å². The fourth-order valence-electron chi connectivity index (χ4n) is 2.48. The number of fused-ring (bicyclic) bond motifs is 2. The molecule has 0 bridgehead atoms. The van der Waals surface area contributed by atoms with E-state index in [1.54, 1.807) is 0 Å². The first-order valence-corrected chi connectivity index (χ1v) is 5.70. The number of rotatable bonds is 1. The molecular weight excluding hydrogens is 274 g/mol. The number of carboxylic acids is 1. The van der Waals surface area contributed by atoms with Gasteiger partial charge in [0, 0.05) is 4.47 Å². The number of carboxylic acid groups (broad SMARTS) is 1. The van der Waals surface area contributed by atoms with Crippen LogP contribution in [0.2, 0.25) is 0 Å². The third-order valence-electron chi connectivity index (χ3n) is 3.40. The minimum absolute atomic E-state index is 0.193. The second-order valence-corrected chi connectivity index (χ2v) is 5.04. The molecule has 5 heteroatoms. The summed E-state index contributed by atoms with van der Waals surface area (Å²) in [6.45, 7) is 0. The number of para-hydroxylation sites is 1. The average molecular weight is 282 g/mol. The van der Waals surface area contributed by atoms with Crippen molar-refractivity contribution in [2.75, 3.05) is 5.32 Å². The van der Waals surface area contributed by atoms with E-state index in [9.17, 15) is 9.59 Å². The lowest BCUT2D eigenvalue weighted by molar-refractivity contribution is -0.140. The van der Waals surface area contributed by atoms with Crippen molar-refractivity contribution in [3.8, 4) is 0 Å². The normalized spacial score (nSPS) is 30.1. The van der Waals surface area contributed by atoms with Crippen LogP contribution in [0.15, 0.2) is 22.7 Å². The molecule has 1 aliphatic carbocycles. The van der Waals surface area contributed by atoms with Gasteiger partial charge in [0.2, 0.25) is 5.91 Å². The zero-order chi connectivity index (χ0) is 11.5. The highest BCUT2D eigenvalue weighted by atomic mass is 79.9. The van der Waals surface area contributed by atoms with Crippen molar-refractivity contribution < 1.29 is 14.7 Å². The molecule has 3 rings (SSSR count). The van der Waals surface area contributed by atoms with Crippen LogP contribution in [-0.2, 0) is 15.0 Å². The minimum atomic E-state index is -0.900. The van der Waals surface area contributed by atoms with Crippen molar-refractivity contribution in [1.29, 1.82) is 0 Å². The molecule has 0 saturated heterocycles. The smallest absolute Gasteiger partial charge is 0.307 e. The number of anilines is 1. The summed E-state index contributed by atoms with van der Waals surface area (Å²) in [5.41, 5.74) is 0.709. The monoisotopic (exact) mass is 281 g/mol. The zero-order valence-electron chi connectivity index (χ0n) is 8.16. The van der Waals surface area contributed by atoms with Gasteiger partial charge in [0.15, 0.2) is 0 Å². The number of benzene rings is 1. The lowest BCUT2D eigenvalue weighted by Gasteiger charge is -2.05. The number of nitrogens with one attached hydrogen (secondary N) is 1. The van der Waals surface area contributed by atoms with E-state index in [1.807, 2.05) is 18.2 Å². The molecule has 1 aromatic carbocycles. The molecule has 2 atom stereocenters. The minimum Gasteiger partial charge on any atom is -0.481 e. The molecule has 2 N–H and O–H groups in total. The van der Waals surface area contributed by atoms with Crippen LogP contribution in [-0.4, -0.2) is 17.0 Å². The molecule has 82 valence electrons. The van der Waals surface area contributed by atoms with Crippen LogP contribution in [0.25, 0.3) is 0 Å². The van der Waals surface area contributed by atoms with Crippen LogP contribution < -0.4 is 5.32 Å². The van der Waals surface area contributed by atoms with Crippen LogP contribution in [0.5, 0.6) is 0 Å². The van der Waals surface area contributed by atoms with E-state index in [0.717, 1.165) is 15.7 Å². The highest BCUT2D eigenvalue weighted by Crippen LogP contribution is 2.60. The molecule has 1 aliphatic heterocycles. The summed E-state index contributed by atoms with van der Waals surface area (Å²) in [4.78, 5) is 22.9. The Hall–Kier alpha value is -1.36. The SMILES string of the molecule is O=C(O)C1CC12C(=O)Nc1c(Br)cccc12. The maximum atomic E-state index is 11.9. The molecule has 1 amide bonds. The van der Waals surface area contributed by atoms with Gasteiger partial charge in [-0.3, -0.25) is 9.59 Å². The number of hydrogen-bond donors (Lipinski definition) is 2. The Kier molecular flexibility index (Phi) is 1.75. The molecule has 2 unspecified atom stereocenters. The van der Waals surface area contributed by atoms with E-state index < -0.39 is 17.3 Å². The second kappa shape index (κ2) is 2.85. The zero-order valence-corrected chi connectivity index (χ0v) is 9.74. The third kappa shape index (κ3) is 0.988. The summed E-state index contributed by atoms with van der Waals surface area (Å²) in [6, 6.07) is 5.47. The van der Waals surface area contributed by atoms with Crippen LogP contribution in [0, 0.1) is 5.92 Å². The molecule has 0 aromatic heterocycles. The Morgan fingerprint density at radius 2 is 2.31 bits per heavy atom. The fraction of sp³-hybridized carbons (Fsp3) is 0.273. The molecule has 1 saturated carbocycles. The van der Waals surface area contributed by atoms with Gasteiger partial charge in [-0.1, -0.05) is 12.1 Å². The average Bonchev–Trinajstić information content (AvgIpc) is 2.90. The van der Waals surface area contributed by atoms with Gasteiger partial charge in [-0.2, -0.15) is 0 Å². The fourth-order valence-corrected chi connectivity index (χ4v) is 2.95. The molecule has 4 nitrogen and oxygen atoms in total. The Bertz CT molecular complexity index is 528. The summed E-state index contributed by atoms with van der Waals surface area (Å²) in [6.07, 6.45) is 0.400. The summed E-state index contributed by atoms with van der Waals surface area (Å²) in [5, 5.41) is 11.8. The topological polar surface area (TPSA) is 66.4 Å². The number of halogens is 1. The van der Waals surface area contributed by atoms with Crippen LogP contribution in [0.3, 0.4) is 0 Å². The molecule has 1 fully saturated rings. The number of carbonyl (C=O) groups is 2. The summed E-state index contributed by atoms with van der Waals surface area (Å²) in [5.74, 6) is -1.67. The van der Waals surface area contributed by atoms with E-state index in [4.69, 9.17) is 5.11 Å². The van der Waals surface area contributed by atoms with Crippen LogP contribution in [0.1, 0.15) is 12.0 Å². The lowest BCUT2D eigenvalue weighted by atomic mass is 9.95. The second-order valence-electron chi connectivity index (χ2n) is 4.18. The predicted molar refractivity (Wildman–Crippen MR) is 60.2 cm³/mol. The first kappa shape index (κ1) is 9.84. The van der Waals surface area contributed by atoms with Crippen molar-refractivity contribution in [2.24, 2.45) is 5.92 Å². The van der Waals surface area contributed by atoms with Crippen LogP contribution >= 0.6 is 15.9 Å². The van der Waals surface area contributed by atoms with Crippen molar-refractivity contribution in [1.82, 2.24) is 0 Å². The Morgan fingerprint density at radius 1 is 1.56 bits per heavy atom. The van der Waals surface area contributed by atoms with Gasteiger partial charge in [-0.05, 0) is 34.0 Å². The first-order chi connectivity index (χ1) is 7.57. The van der Waals surface area contributed by atoms with Gasteiger partial charge in [0.25, 0.3) is 0 Å². The molecule has 1 aromatic rings. The summed E-state index contributed by atoms with van der Waals surface area (Å²) < 4.78 is 0.797. The highest BCUT2D eigenvalue weighted by molar-refractivity contribution is 9.10. The molecule has 2 aliphatic rings. The molecule has 1 heterocycles.